The Morgan fingerprint density at radius 3 is 1.25 bits per heavy atom. The van der Waals surface area contributed by atoms with E-state index in [9.17, 15) is 0 Å². The highest BCUT2D eigenvalue weighted by atomic mass is 16.7. The molecule has 0 aromatic carbocycles. The van der Waals surface area contributed by atoms with Crippen molar-refractivity contribution >= 4 is 0 Å². The van der Waals surface area contributed by atoms with Crippen LogP contribution in [-0.4, -0.2) is 20.0 Å². The standard InChI is InChI=1S/C5H12O2.H3N/c1-5(2,6-3)7-4;/h1-4H3;1H3. The molecule has 0 aromatic heterocycles. The van der Waals surface area contributed by atoms with Gasteiger partial charge in [0, 0.05) is 14.2 Å². The van der Waals surface area contributed by atoms with Crippen molar-refractivity contribution in [1.29, 1.82) is 0 Å². The maximum atomic E-state index is 4.86. The second kappa shape index (κ2) is 3.83. The minimum Gasteiger partial charge on any atom is -0.354 e. The van der Waals surface area contributed by atoms with Gasteiger partial charge in [-0.25, -0.2) is 0 Å². The van der Waals surface area contributed by atoms with E-state index in [-0.39, 0.29) is 6.15 Å². The summed E-state index contributed by atoms with van der Waals surface area (Å²) >= 11 is 0. The molecule has 0 bridgehead atoms. The molecule has 3 N–H and O–H groups in total. The van der Waals surface area contributed by atoms with Crippen molar-refractivity contribution in [2.24, 2.45) is 0 Å². The molecule has 0 aromatic rings. The molecule has 0 heterocycles. The van der Waals surface area contributed by atoms with Gasteiger partial charge < -0.3 is 15.6 Å². The van der Waals surface area contributed by atoms with E-state index >= 15 is 0 Å². The Labute approximate surface area is 50.6 Å². The molecule has 3 heteroatoms. The summed E-state index contributed by atoms with van der Waals surface area (Å²) in [5.41, 5.74) is 0. The number of methoxy groups -OCH3 is 2. The molecule has 0 fully saturated rings. The molecule has 52 valence electrons. The van der Waals surface area contributed by atoms with Gasteiger partial charge in [-0.1, -0.05) is 0 Å². The molecule has 0 rings (SSSR count). The van der Waals surface area contributed by atoms with Crippen LogP contribution < -0.4 is 6.15 Å². The lowest BCUT2D eigenvalue weighted by Gasteiger charge is -2.19. The SMILES string of the molecule is COC(C)(C)OC.N. The summed E-state index contributed by atoms with van der Waals surface area (Å²) < 4.78 is 9.73. The van der Waals surface area contributed by atoms with E-state index in [1.54, 1.807) is 14.2 Å². The van der Waals surface area contributed by atoms with Gasteiger partial charge in [0.05, 0.1) is 0 Å². The Morgan fingerprint density at radius 2 is 1.25 bits per heavy atom. The molecule has 0 unspecified atom stereocenters. The molecule has 0 saturated carbocycles. The molecule has 0 aliphatic carbocycles. The zero-order valence-corrected chi connectivity index (χ0v) is 6.02. The predicted octanol–water partition coefficient (Wildman–Crippen LogP) is 1.18. The molecule has 0 atom stereocenters. The van der Waals surface area contributed by atoms with Crippen LogP contribution in [0.3, 0.4) is 0 Å². The fourth-order valence-electron chi connectivity index (χ4n) is 0.0833. The monoisotopic (exact) mass is 121 g/mol. The van der Waals surface area contributed by atoms with E-state index in [0.717, 1.165) is 0 Å². The van der Waals surface area contributed by atoms with Gasteiger partial charge in [-0.3, -0.25) is 0 Å². The van der Waals surface area contributed by atoms with Gasteiger partial charge in [0.1, 0.15) is 0 Å². The van der Waals surface area contributed by atoms with Crippen molar-refractivity contribution in [2.45, 2.75) is 19.6 Å². The van der Waals surface area contributed by atoms with Crippen molar-refractivity contribution in [3.63, 3.8) is 0 Å². The van der Waals surface area contributed by atoms with E-state index < -0.39 is 5.79 Å². The average Bonchev–Trinajstić information content (AvgIpc) is 1.68. The van der Waals surface area contributed by atoms with E-state index in [1.807, 2.05) is 13.8 Å². The number of hydrogen-bond acceptors (Lipinski definition) is 3. The van der Waals surface area contributed by atoms with Crippen molar-refractivity contribution in [3.05, 3.63) is 0 Å². The first-order valence-corrected chi connectivity index (χ1v) is 2.22. The van der Waals surface area contributed by atoms with Crippen LogP contribution in [0.1, 0.15) is 13.8 Å². The quantitative estimate of drug-likeness (QED) is 0.558. The minimum atomic E-state index is -0.417. The van der Waals surface area contributed by atoms with Gasteiger partial charge in [0.15, 0.2) is 5.79 Å². The van der Waals surface area contributed by atoms with Gasteiger partial charge >= 0.3 is 0 Å². The van der Waals surface area contributed by atoms with E-state index in [1.165, 1.54) is 0 Å². The van der Waals surface area contributed by atoms with Crippen LogP contribution in [0.15, 0.2) is 0 Å². The predicted molar refractivity (Wildman–Crippen MR) is 33.1 cm³/mol. The lowest BCUT2D eigenvalue weighted by atomic mass is 10.4. The topological polar surface area (TPSA) is 53.5 Å². The Balaban J connectivity index is 0. The van der Waals surface area contributed by atoms with E-state index in [4.69, 9.17) is 9.47 Å². The first kappa shape index (κ1) is 10.8. The van der Waals surface area contributed by atoms with E-state index in [0.29, 0.717) is 0 Å². The van der Waals surface area contributed by atoms with Crippen molar-refractivity contribution in [2.75, 3.05) is 14.2 Å². The Hall–Kier alpha value is -0.120. The highest BCUT2D eigenvalue weighted by Gasteiger charge is 2.11. The summed E-state index contributed by atoms with van der Waals surface area (Å²) in [7, 11) is 3.23. The summed E-state index contributed by atoms with van der Waals surface area (Å²) in [6.45, 7) is 3.71. The third kappa shape index (κ3) is 4.05. The summed E-state index contributed by atoms with van der Waals surface area (Å²) in [5, 5.41) is 0. The number of hydrogen-bond donors (Lipinski definition) is 1. The molecule has 3 nitrogen and oxygen atoms in total. The van der Waals surface area contributed by atoms with Crippen molar-refractivity contribution in [1.82, 2.24) is 6.15 Å². The second-order valence-electron chi connectivity index (χ2n) is 1.81. The molecule has 0 spiro atoms. The molecule has 0 aliphatic rings. The van der Waals surface area contributed by atoms with Gasteiger partial charge in [-0.15, -0.1) is 0 Å². The van der Waals surface area contributed by atoms with Gasteiger partial charge in [0.2, 0.25) is 0 Å². The van der Waals surface area contributed by atoms with Gasteiger partial charge in [-0.2, -0.15) is 0 Å². The summed E-state index contributed by atoms with van der Waals surface area (Å²) in [4.78, 5) is 0. The largest absolute Gasteiger partial charge is 0.354 e. The minimum absolute atomic E-state index is 0. The van der Waals surface area contributed by atoms with Crippen LogP contribution in [0.25, 0.3) is 0 Å². The lowest BCUT2D eigenvalue weighted by molar-refractivity contribution is -0.178. The molecule has 8 heavy (non-hydrogen) atoms. The van der Waals surface area contributed by atoms with Crippen LogP contribution in [0.5, 0.6) is 0 Å². The third-order valence-electron chi connectivity index (χ3n) is 0.983. The fraction of sp³-hybridized carbons (Fsp3) is 1.00. The highest BCUT2D eigenvalue weighted by molar-refractivity contribution is 4.47. The van der Waals surface area contributed by atoms with Crippen LogP contribution in [0.4, 0.5) is 0 Å². The molecular weight excluding hydrogens is 106 g/mol. The van der Waals surface area contributed by atoms with Crippen LogP contribution in [0.2, 0.25) is 0 Å². The molecule has 0 amide bonds. The first-order valence-electron chi connectivity index (χ1n) is 2.22. The number of rotatable bonds is 2. The molecule has 0 aliphatic heterocycles. The Morgan fingerprint density at radius 1 is 1.00 bits per heavy atom. The second-order valence-corrected chi connectivity index (χ2v) is 1.81. The molecular formula is C5H15NO2. The maximum Gasteiger partial charge on any atom is 0.161 e. The number of ether oxygens (including phenoxy) is 2. The smallest absolute Gasteiger partial charge is 0.161 e. The van der Waals surface area contributed by atoms with Crippen LogP contribution >= 0.6 is 0 Å². The summed E-state index contributed by atoms with van der Waals surface area (Å²) in [5.74, 6) is -0.417. The summed E-state index contributed by atoms with van der Waals surface area (Å²) in [6.07, 6.45) is 0. The van der Waals surface area contributed by atoms with Crippen molar-refractivity contribution < 1.29 is 9.47 Å². The summed E-state index contributed by atoms with van der Waals surface area (Å²) in [6, 6.07) is 0. The highest BCUT2D eigenvalue weighted by Crippen LogP contribution is 2.05. The maximum absolute atomic E-state index is 4.86. The molecule has 0 radical (unpaired) electrons. The van der Waals surface area contributed by atoms with E-state index in [2.05, 4.69) is 0 Å². The first-order chi connectivity index (χ1) is 3.12. The van der Waals surface area contributed by atoms with Crippen LogP contribution in [-0.2, 0) is 9.47 Å². The molecule has 0 saturated heterocycles. The zero-order valence-electron chi connectivity index (χ0n) is 6.02. The fourth-order valence-corrected chi connectivity index (χ4v) is 0.0833. The van der Waals surface area contributed by atoms with Crippen LogP contribution in [0, 0.1) is 0 Å². The Kier molecular flexibility index (Phi) is 5.17. The third-order valence-corrected chi connectivity index (χ3v) is 0.983. The van der Waals surface area contributed by atoms with Gasteiger partial charge in [-0.05, 0) is 13.8 Å². The van der Waals surface area contributed by atoms with Crippen molar-refractivity contribution in [3.8, 4) is 0 Å². The Bertz CT molecular complexity index is 48.4. The lowest BCUT2D eigenvalue weighted by Crippen LogP contribution is -2.24. The normalized spacial score (nSPS) is 10.5. The van der Waals surface area contributed by atoms with Gasteiger partial charge in [0.25, 0.3) is 0 Å². The zero-order chi connectivity index (χ0) is 5.91. The average molecular weight is 121 g/mol.